The predicted octanol–water partition coefficient (Wildman–Crippen LogP) is 5.30. The lowest BCUT2D eigenvalue weighted by molar-refractivity contribution is -0.137. The summed E-state index contributed by atoms with van der Waals surface area (Å²) in [5.74, 6) is -0.896. The monoisotopic (exact) mass is 519 g/mol. The van der Waals surface area contributed by atoms with Crippen molar-refractivity contribution in [3.05, 3.63) is 81.9 Å². The molecular weight excluding hydrogens is 489 g/mol. The summed E-state index contributed by atoms with van der Waals surface area (Å²) in [7, 11) is 1.52. The van der Waals surface area contributed by atoms with Crippen LogP contribution in [0.1, 0.15) is 62.0 Å². The van der Waals surface area contributed by atoms with Crippen molar-refractivity contribution < 1.29 is 33.4 Å². The third kappa shape index (κ3) is 4.95. The van der Waals surface area contributed by atoms with Crippen molar-refractivity contribution in [1.29, 1.82) is 0 Å². The quantitative estimate of drug-likeness (QED) is 0.506. The molecule has 1 N–H and O–H groups in total. The van der Waals surface area contributed by atoms with E-state index in [0.29, 0.717) is 66.7 Å². The van der Waals surface area contributed by atoms with Crippen molar-refractivity contribution in [3.63, 3.8) is 0 Å². The molecule has 0 radical (unpaired) electrons. The summed E-state index contributed by atoms with van der Waals surface area (Å²) in [6.45, 7) is 0.382. The molecule has 2 aromatic carbocycles. The third-order valence-corrected chi connectivity index (χ3v) is 7.44. The summed E-state index contributed by atoms with van der Waals surface area (Å²) < 4.78 is 25.1. The minimum absolute atomic E-state index is 0.00750. The molecule has 38 heavy (non-hydrogen) atoms. The summed E-state index contributed by atoms with van der Waals surface area (Å²) in [6, 6.07) is 11.6. The van der Waals surface area contributed by atoms with Crippen LogP contribution in [-0.4, -0.2) is 41.2 Å². The zero-order valence-corrected chi connectivity index (χ0v) is 21.3. The fraction of sp³-hybridized carbons (Fsp3) is 0.367. The van der Waals surface area contributed by atoms with Crippen LogP contribution in [0.15, 0.2) is 65.0 Å². The average Bonchev–Trinajstić information content (AvgIpc) is 2.90. The number of ether oxygens (including phenoxy) is 2. The van der Waals surface area contributed by atoms with Gasteiger partial charge < -0.3 is 19.5 Å². The molecule has 0 bridgehead atoms. The number of benzene rings is 2. The van der Waals surface area contributed by atoms with E-state index >= 15 is 0 Å². The molecule has 7 nitrogen and oxygen atoms in total. The highest BCUT2D eigenvalue weighted by Crippen LogP contribution is 2.50. The maximum Gasteiger partial charge on any atom is 0.305 e. The summed E-state index contributed by atoms with van der Waals surface area (Å²) in [5.41, 5.74) is 4.29. The lowest BCUT2D eigenvalue weighted by Gasteiger charge is -2.44. The Hall–Kier alpha value is -3.94. The molecule has 1 heterocycles. The number of Topliss-reactive ketones (excluding diaryl/α,β-unsaturated/α-hetero) is 2. The molecule has 0 aromatic heterocycles. The smallest absolute Gasteiger partial charge is 0.305 e. The second kappa shape index (κ2) is 10.8. The van der Waals surface area contributed by atoms with Crippen molar-refractivity contribution in [2.24, 2.45) is 0 Å². The molecule has 0 atom stereocenters. The molecule has 5 rings (SSSR count). The van der Waals surface area contributed by atoms with Gasteiger partial charge >= 0.3 is 5.97 Å². The first kappa shape index (κ1) is 25.7. The first-order chi connectivity index (χ1) is 18.4. The fourth-order valence-corrected chi connectivity index (χ4v) is 5.80. The fourth-order valence-electron chi connectivity index (χ4n) is 5.80. The van der Waals surface area contributed by atoms with Gasteiger partial charge in [-0.25, -0.2) is 4.39 Å². The summed E-state index contributed by atoms with van der Waals surface area (Å²) in [4.78, 5) is 40.1. The topological polar surface area (TPSA) is 93.1 Å². The first-order valence-corrected chi connectivity index (χ1v) is 12.9. The van der Waals surface area contributed by atoms with Crippen molar-refractivity contribution in [3.8, 4) is 11.5 Å². The Bertz CT molecular complexity index is 1320. The van der Waals surface area contributed by atoms with E-state index in [0.717, 1.165) is 17.0 Å². The van der Waals surface area contributed by atoms with Crippen molar-refractivity contribution >= 4 is 17.5 Å². The van der Waals surface area contributed by atoms with E-state index in [1.165, 1.54) is 19.2 Å². The van der Waals surface area contributed by atoms with Gasteiger partial charge in [0, 0.05) is 47.8 Å². The van der Waals surface area contributed by atoms with Crippen molar-refractivity contribution in [1.82, 2.24) is 4.90 Å². The van der Waals surface area contributed by atoms with Gasteiger partial charge in [-0.1, -0.05) is 18.2 Å². The van der Waals surface area contributed by atoms with Gasteiger partial charge in [0.15, 0.2) is 23.1 Å². The van der Waals surface area contributed by atoms with E-state index in [1.807, 2.05) is 11.0 Å². The number of allylic oxidation sites excluding steroid dienone is 4. The lowest BCUT2D eigenvalue weighted by Crippen LogP contribution is -2.39. The van der Waals surface area contributed by atoms with Crippen LogP contribution in [0.25, 0.3) is 0 Å². The third-order valence-electron chi connectivity index (χ3n) is 7.44. The first-order valence-electron chi connectivity index (χ1n) is 12.9. The molecular formula is C30H30FNO6. The van der Waals surface area contributed by atoms with Crippen LogP contribution in [0.4, 0.5) is 4.39 Å². The van der Waals surface area contributed by atoms with Gasteiger partial charge in [0.25, 0.3) is 0 Å². The van der Waals surface area contributed by atoms with Gasteiger partial charge in [0.05, 0.1) is 13.5 Å². The van der Waals surface area contributed by atoms with E-state index in [2.05, 4.69) is 0 Å². The van der Waals surface area contributed by atoms with Crippen molar-refractivity contribution in [2.45, 2.75) is 57.5 Å². The standard InChI is InChI=1S/C30H30FNO6/c1-37-26-16-19(11-12-25(26)38-17-18-5-2-6-20(31)15-18)28-29-21(7-3-9-23(29)33)32(14-13-27(35)36)22-8-4-10-24(34)30(22)28/h2,5-6,11-12,15-16,28H,3-4,7-10,13-14,17H2,1H3,(H,35,36). The molecule has 198 valence electrons. The van der Waals surface area contributed by atoms with Crippen LogP contribution >= 0.6 is 0 Å². The number of carboxylic acid groups (broad SMARTS) is 1. The molecule has 3 aliphatic rings. The van der Waals surface area contributed by atoms with Gasteiger partial charge in [0.1, 0.15) is 12.4 Å². The van der Waals surface area contributed by atoms with E-state index in [9.17, 15) is 23.9 Å². The maximum atomic E-state index is 13.6. The summed E-state index contributed by atoms with van der Waals surface area (Å²) in [6.07, 6.45) is 3.42. The number of carbonyl (C=O) groups excluding carboxylic acids is 2. The zero-order chi connectivity index (χ0) is 26.8. The predicted molar refractivity (Wildman–Crippen MR) is 137 cm³/mol. The number of hydrogen-bond acceptors (Lipinski definition) is 6. The molecule has 0 amide bonds. The minimum atomic E-state index is -0.917. The van der Waals surface area contributed by atoms with Gasteiger partial charge in [-0.2, -0.15) is 0 Å². The lowest BCUT2D eigenvalue weighted by atomic mass is 9.71. The Morgan fingerprint density at radius 1 is 0.974 bits per heavy atom. The number of halogens is 1. The Balaban J connectivity index is 1.55. The number of hydrogen-bond donors (Lipinski definition) is 1. The molecule has 2 aromatic rings. The van der Waals surface area contributed by atoms with E-state index in [1.54, 1.807) is 24.3 Å². The highest BCUT2D eigenvalue weighted by Gasteiger charge is 2.43. The van der Waals surface area contributed by atoms with Crippen LogP contribution in [0.3, 0.4) is 0 Å². The number of nitrogens with zero attached hydrogens (tertiary/aromatic N) is 1. The second-order valence-corrected chi connectivity index (χ2v) is 9.83. The van der Waals surface area contributed by atoms with Crippen molar-refractivity contribution in [2.75, 3.05) is 13.7 Å². The van der Waals surface area contributed by atoms with Crippen LogP contribution in [0.5, 0.6) is 11.5 Å². The number of carboxylic acids is 1. The molecule has 2 aliphatic carbocycles. The number of aliphatic carboxylic acids is 1. The van der Waals surface area contributed by atoms with Gasteiger partial charge in [-0.15, -0.1) is 0 Å². The number of carbonyl (C=O) groups is 3. The maximum absolute atomic E-state index is 13.6. The van der Waals surface area contributed by atoms with Crippen LogP contribution in [0.2, 0.25) is 0 Å². The Morgan fingerprint density at radius 3 is 2.26 bits per heavy atom. The zero-order valence-electron chi connectivity index (χ0n) is 21.3. The molecule has 0 spiro atoms. The normalized spacial score (nSPS) is 17.9. The second-order valence-electron chi connectivity index (χ2n) is 9.83. The van der Waals surface area contributed by atoms with E-state index in [4.69, 9.17) is 9.47 Å². The molecule has 8 heteroatoms. The SMILES string of the molecule is COc1cc(C2C3=C(CCCC3=O)N(CCC(=O)O)C3=C2C(=O)CCC3)ccc1OCc1cccc(F)c1. The Labute approximate surface area is 220 Å². The minimum Gasteiger partial charge on any atom is -0.493 e. The Morgan fingerprint density at radius 2 is 1.66 bits per heavy atom. The van der Waals surface area contributed by atoms with Crippen LogP contribution < -0.4 is 9.47 Å². The average molecular weight is 520 g/mol. The van der Waals surface area contributed by atoms with Gasteiger partial charge in [0.2, 0.25) is 0 Å². The summed E-state index contributed by atoms with van der Waals surface area (Å²) >= 11 is 0. The molecule has 0 fully saturated rings. The van der Waals surface area contributed by atoms with Crippen LogP contribution in [-0.2, 0) is 21.0 Å². The molecule has 0 saturated heterocycles. The van der Waals surface area contributed by atoms with E-state index < -0.39 is 11.9 Å². The number of methoxy groups -OCH3 is 1. The highest BCUT2D eigenvalue weighted by molar-refractivity contribution is 6.06. The Kier molecular flexibility index (Phi) is 7.31. The molecule has 0 saturated carbocycles. The molecule has 0 unspecified atom stereocenters. The highest BCUT2D eigenvalue weighted by atomic mass is 19.1. The summed E-state index contributed by atoms with van der Waals surface area (Å²) in [5, 5.41) is 9.35. The molecule has 1 aliphatic heterocycles. The number of rotatable bonds is 8. The largest absolute Gasteiger partial charge is 0.493 e. The van der Waals surface area contributed by atoms with Gasteiger partial charge in [-0.3, -0.25) is 14.4 Å². The van der Waals surface area contributed by atoms with Crippen LogP contribution in [0, 0.1) is 5.82 Å². The number of ketones is 2. The van der Waals surface area contributed by atoms with E-state index in [-0.39, 0.29) is 37.0 Å². The van der Waals surface area contributed by atoms with Gasteiger partial charge in [-0.05, 0) is 61.1 Å².